The fourth-order valence-corrected chi connectivity index (χ4v) is 4.67. The SMILES string of the molecule is O=C(O)COc1cccc(CCCN(CCC(c2ccccc2)c2ccccc2)C(=O)/C=C/c2ccncc2)c1. The van der Waals surface area contributed by atoms with Crippen LogP contribution in [0.1, 0.15) is 41.0 Å². The number of aryl methyl sites for hydroxylation is 1. The van der Waals surface area contributed by atoms with Crippen molar-refractivity contribution in [3.63, 3.8) is 0 Å². The summed E-state index contributed by atoms with van der Waals surface area (Å²) in [5.41, 5.74) is 4.42. The maximum absolute atomic E-state index is 13.4. The molecule has 1 amide bonds. The maximum Gasteiger partial charge on any atom is 0.341 e. The molecule has 0 aliphatic heterocycles. The van der Waals surface area contributed by atoms with E-state index < -0.39 is 5.97 Å². The van der Waals surface area contributed by atoms with E-state index in [4.69, 9.17) is 9.84 Å². The number of aliphatic carboxylic acids is 1. The zero-order valence-corrected chi connectivity index (χ0v) is 22.4. The van der Waals surface area contributed by atoms with Gasteiger partial charge in [0.05, 0.1) is 0 Å². The fraction of sp³-hybridized carbons (Fsp3) is 0.206. The lowest BCUT2D eigenvalue weighted by Crippen LogP contribution is -2.32. The highest BCUT2D eigenvalue weighted by molar-refractivity contribution is 5.91. The summed E-state index contributed by atoms with van der Waals surface area (Å²) in [5, 5.41) is 8.88. The van der Waals surface area contributed by atoms with E-state index in [2.05, 4.69) is 53.5 Å². The molecule has 0 aliphatic carbocycles. The van der Waals surface area contributed by atoms with Gasteiger partial charge in [0.15, 0.2) is 6.61 Å². The van der Waals surface area contributed by atoms with Crippen LogP contribution in [0.5, 0.6) is 5.75 Å². The van der Waals surface area contributed by atoms with E-state index in [-0.39, 0.29) is 18.4 Å². The number of aromatic nitrogens is 1. The molecule has 0 fully saturated rings. The van der Waals surface area contributed by atoms with Crippen molar-refractivity contribution in [2.45, 2.75) is 25.2 Å². The van der Waals surface area contributed by atoms with Crippen molar-refractivity contribution < 1.29 is 19.4 Å². The smallest absolute Gasteiger partial charge is 0.341 e. The van der Waals surface area contributed by atoms with Gasteiger partial charge in [-0.1, -0.05) is 72.8 Å². The molecule has 3 aromatic carbocycles. The first-order chi connectivity index (χ1) is 19.6. The first-order valence-corrected chi connectivity index (χ1v) is 13.5. The molecule has 4 rings (SSSR count). The number of carboxylic acid groups (broad SMARTS) is 1. The van der Waals surface area contributed by atoms with Gasteiger partial charge in [-0.3, -0.25) is 9.78 Å². The van der Waals surface area contributed by atoms with Gasteiger partial charge in [0.2, 0.25) is 5.91 Å². The summed E-state index contributed by atoms with van der Waals surface area (Å²) >= 11 is 0. The Kier molecular flexibility index (Phi) is 10.6. The third-order valence-electron chi connectivity index (χ3n) is 6.68. The third-order valence-corrected chi connectivity index (χ3v) is 6.68. The summed E-state index contributed by atoms with van der Waals surface area (Å²) in [6, 6.07) is 32.0. The lowest BCUT2D eigenvalue weighted by Gasteiger charge is -2.25. The summed E-state index contributed by atoms with van der Waals surface area (Å²) in [7, 11) is 0. The summed E-state index contributed by atoms with van der Waals surface area (Å²) in [6.45, 7) is 0.825. The monoisotopic (exact) mass is 534 g/mol. The predicted octanol–water partition coefficient (Wildman–Crippen LogP) is 6.24. The summed E-state index contributed by atoms with van der Waals surface area (Å²) in [5.74, 6) is -0.342. The second kappa shape index (κ2) is 15.0. The Bertz CT molecular complexity index is 1340. The molecule has 0 unspecified atom stereocenters. The number of hydrogen-bond acceptors (Lipinski definition) is 4. The molecule has 1 heterocycles. The van der Waals surface area contributed by atoms with Crippen LogP contribution in [0.25, 0.3) is 6.08 Å². The van der Waals surface area contributed by atoms with Crippen LogP contribution in [-0.4, -0.2) is 46.6 Å². The summed E-state index contributed by atoms with van der Waals surface area (Å²) in [6.07, 6.45) is 9.17. The molecule has 0 aliphatic rings. The Hall–Kier alpha value is -4.71. The molecule has 0 radical (unpaired) electrons. The number of nitrogens with zero attached hydrogens (tertiary/aromatic N) is 2. The first kappa shape index (κ1) is 28.3. The van der Waals surface area contributed by atoms with Crippen molar-refractivity contribution in [1.82, 2.24) is 9.88 Å². The average Bonchev–Trinajstić information content (AvgIpc) is 3.00. The number of hydrogen-bond donors (Lipinski definition) is 1. The van der Waals surface area contributed by atoms with Crippen LogP contribution in [0.2, 0.25) is 0 Å². The molecular weight excluding hydrogens is 500 g/mol. The summed E-state index contributed by atoms with van der Waals surface area (Å²) in [4.78, 5) is 30.2. The minimum absolute atomic E-state index is 0.0322. The van der Waals surface area contributed by atoms with Crippen LogP contribution < -0.4 is 4.74 Å². The molecule has 6 heteroatoms. The van der Waals surface area contributed by atoms with Gasteiger partial charge >= 0.3 is 5.97 Å². The molecule has 40 heavy (non-hydrogen) atoms. The van der Waals surface area contributed by atoms with Crippen molar-refractivity contribution in [2.24, 2.45) is 0 Å². The molecule has 0 atom stereocenters. The van der Waals surface area contributed by atoms with Crippen LogP contribution in [-0.2, 0) is 16.0 Å². The van der Waals surface area contributed by atoms with Crippen LogP contribution in [0.15, 0.2) is 116 Å². The predicted molar refractivity (Wildman–Crippen MR) is 157 cm³/mol. The topological polar surface area (TPSA) is 79.7 Å². The van der Waals surface area contributed by atoms with Gasteiger partial charge in [-0.05, 0) is 71.9 Å². The normalized spacial score (nSPS) is 11.0. The molecule has 4 aromatic rings. The number of benzene rings is 3. The molecule has 6 nitrogen and oxygen atoms in total. The molecular formula is C34H34N2O4. The van der Waals surface area contributed by atoms with Crippen LogP contribution in [0, 0.1) is 0 Å². The maximum atomic E-state index is 13.4. The minimum atomic E-state index is -1.01. The van der Waals surface area contributed by atoms with Crippen molar-refractivity contribution in [3.8, 4) is 5.75 Å². The van der Waals surface area contributed by atoms with Crippen LogP contribution >= 0.6 is 0 Å². The Morgan fingerprint density at radius 2 is 1.52 bits per heavy atom. The molecule has 0 bridgehead atoms. The second-order valence-electron chi connectivity index (χ2n) is 9.54. The molecule has 1 N–H and O–H groups in total. The molecule has 0 spiro atoms. The standard InChI is InChI=1S/C34H34N2O4/c37-33(17-16-27-18-21-35-22-19-27)36(23-8-10-28-9-7-15-31(25-28)40-26-34(38)39)24-20-32(29-11-3-1-4-12-29)30-13-5-2-6-14-30/h1-7,9,11-19,21-22,25,32H,8,10,20,23-24,26H2,(H,38,39)/b17-16+. The number of rotatable bonds is 14. The number of carbonyl (C=O) groups is 2. The number of ether oxygens (including phenoxy) is 1. The molecule has 204 valence electrons. The van der Waals surface area contributed by atoms with Gasteiger partial charge in [-0.15, -0.1) is 0 Å². The highest BCUT2D eigenvalue weighted by Gasteiger charge is 2.18. The van der Waals surface area contributed by atoms with E-state index in [1.807, 2.05) is 53.4 Å². The van der Waals surface area contributed by atoms with Crippen LogP contribution in [0.4, 0.5) is 0 Å². The highest BCUT2D eigenvalue weighted by Crippen LogP contribution is 2.28. The minimum Gasteiger partial charge on any atom is -0.482 e. The second-order valence-corrected chi connectivity index (χ2v) is 9.54. The van der Waals surface area contributed by atoms with Crippen LogP contribution in [0.3, 0.4) is 0 Å². The largest absolute Gasteiger partial charge is 0.482 e. The van der Waals surface area contributed by atoms with E-state index in [0.29, 0.717) is 18.8 Å². The van der Waals surface area contributed by atoms with E-state index >= 15 is 0 Å². The first-order valence-electron chi connectivity index (χ1n) is 13.5. The van der Waals surface area contributed by atoms with Crippen molar-refractivity contribution >= 4 is 18.0 Å². The Morgan fingerprint density at radius 1 is 0.850 bits per heavy atom. The van der Waals surface area contributed by atoms with Crippen molar-refractivity contribution in [2.75, 3.05) is 19.7 Å². The number of carbonyl (C=O) groups excluding carboxylic acids is 1. The fourth-order valence-electron chi connectivity index (χ4n) is 4.67. The third kappa shape index (κ3) is 8.95. The lowest BCUT2D eigenvalue weighted by atomic mass is 9.88. The van der Waals surface area contributed by atoms with Gasteiger partial charge in [0.1, 0.15) is 5.75 Å². The number of carboxylic acids is 1. The number of pyridine rings is 1. The quantitative estimate of drug-likeness (QED) is 0.194. The Labute approximate surface area is 235 Å². The van der Waals surface area contributed by atoms with E-state index in [0.717, 1.165) is 30.4 Å². The highest BCUT2D eigenvalue weighted by atomic mass is 16.5. The van der Waals surface area contributed by atoms with E-state index in [1.54, 1.807) is 24.5 Å². The zero-order valence-electron chi connectivity index (χ0n) is 22.4. The molecule has 0 saturated carbocycles. The van der Waals surface area contributed by atoms with Gasteiger partial charge in [-0.2, -0.15) is 0 Å². The summed E-state index contributed by atoms with van der Waals surface area (Å²) < 4.78 is 5.32. The lowest BCUT2D eigenvalue weighted by molar-refractivity contribution is -0.139. The van der Waals surface area contributed by atoms with Gasteiger partial charge in [0, 0.05) is 37.5 Å². The Morgan fingerprint density at radius 3 is 2.17 bits per heavy atom. The Balaban J connectivity index is 1.46. The van der Waals surface area contributed by atoms with Gasteiger partial charge in [-0.25, -0.2) is 4.79 Å². The van der Waals surface area contributed by atoms with E-state index in [1.165, 1.54) is 11.1 Å². The zero-order chi connectivity index (χ0) is 28.0. The molecule has 1 aromatic heterocycles. The van der Waals surface area contributed by atoms with Crippen molar-refractivity contribution in [3.05, 3.63) is 138 Å². The van der Waals surface area contributed by atoms with Gasteiger partial charge in [0.25, 0.3) is 0 Å². The molecule has 0 saturated heterocycles. The van der Waals surface area contributed by atoms with Gasteiger partial charge < -0.3 is 14.7 Å². The number of amides is 1. The van der Waals surface area contributed by atoms with E-state index in [9.17, 15) is 9.59 Å². The average molecular weight is 535 g/mol. The van der Waals surface area contributed by atoms with Crippen molar-refractivity contribution in [1.29, 1.82) is 0 Å².